The van der Waals surface area contributed by atoms with Gasteiger partial charge in [-0.1, -0.05) is 39.8 Å². The van der Waals surface area contributed by atoms with Crippen molar-refractivity contribution in [2.75, 3.05) is 5.32 Å². The molecule has 0 aromatic heterocycles. The number of anilines is 1. The summed E-state index contributed by atoms with van der Waals surface area (Å²) in [5.74, 6) is -0.265. The highest BCUT2D eigenvalue weighted by Gasteiger charge is 2.51. The van der Waals surface area contributed by atoms with Gasteiger partial charge in [-0.2, -0.15) is 0 Å². The predicted octanol–water partition coefficient (Wildman–Crippen LogP) is 4.32. The van der Waals surface area contributed by atoms with Crippen LogP contribution >= 0.6 is 15.9 Å². The van der Waals surface area contributed by atoms with Crippen LogP contribution in [0.5, 0.6) is 0 Å². The lowest BCUT2D eigenvalue weighted by molar-refractivity contribution is -0.126. The number of hydrogen-bond acceptors (Lipinski definition) is 2. The van der Waals surface area contributed by atoms with Crippen LogP contribution in [0.4, 0.5) is 5.69 Å². The molecule has 21 heavy (non-hydrogen) atoms. The van der Waals surface area contributed by atoms with Gasteiger partial charge >= 0.3 is 0 Å². The van der Waals surface area contributed by atoms with Crippen LogP contribution < -0.4 is 11.1 Å². The molecule has 0 saturated heterocycles. The standard InChI is InChI=1S/C17H25BrN2O/c1-15(2)9-16(3,4)11-17(10-15,14(19)21)20-13-8-6-5-7-12(13)18/h5-8,20H,9-11H2,1-4H3,(H2,19,21). The van der Waals surface area contributed by atoms with Gasteiger partial charge in [-0.15, -0.1) is 0 Å². The molecule has 1 saturated carbocycles. The first-order chi connectivity index (χ1) is 9.55. The molecule has 2 rings (SSSR count). The minimum atomic E-state index is -0.699. The number of carbonyl (C=O) groups is 1. The van der Waals surface area contributed by atoms with Crippen molar-refractivity contribution in [3.8, 4) is 0 Å². The number of amides is 1. The van der Waals surface area contributed by atoms with Gasteiger partial charge in [-0.25, -0.2) is 0 Å². The highest BCUT2D eigenvalue weighted by molar-refractivity contribution is 9.10. The van der Waals surface area contributed by atoms with Crippen molar-refractivity contribution in [1.29, 1.82) is 0 Å². The molecule has 1 amide bonds. The van der Waals surface area contributed by atoms with Gasteiger partial charge in [0.2, 0.25) is 5.91 Å². The Morgan fingerprint density at radius 1 is 1.10 bits per heavy atom. The first-order valence-corrected chi connectivity index (χ1v) is 8.17. The number of hydrogen-bond donors (Lipinski definition) is 2. The third-order valence-electron chi connectivity index (χ3n) is 4.24. The number of rotatable bonds is 3. The Balaban J connectivity index is 2.42. The Bertz CT molecular complexity index is 535. The molecule has 0 aliphatic heterocycles. The van der Waals surface area contributed by atoms with E-state index in [1.807, 2.05) is 24.3 Å². The number of nitrogens with one attached hydrogen (secondary N) is 1. The van der Waals surface area contributed by atoms with Crippen LogP contribution in [0.25, 0.3) is 0 Å². The summed E-state index contributed by atoms with van der Waals surface area (Å²) in [6.45, 7) is 8.86. The lowest BCUT2D eigenvalue weighted by atomic mass is 9.58. The van der Waals surface area contributed by atoms with Crippen LogP contribution in [0.2, 0.25) is 0 Å². The molecular formula is C17H25BrN2O. The quantitative estimate of drug-likeness (QED) is 0.850. The van der Waals surface area contributed by atoms with Gasteiger partial charge in [0.15, 0.2) is 0 Å². The first kappa shape index (κ1) is 16.3. The molecular weight excluding hydrogens is 328 g/mol. The molecule has 4 heteroatoms. The topological polar surface area (TPSA) is 55.1 Å². The van der Waals surface area contributed by atoms with Gasteiger partial charge < -0.3 is 11.1 Å². The molecule has 0 bridgehead atoms. The minimum Gasteiger partial charge on any atom is -0.370 e. The number of primary amides is 1. The van der Waals surface area contributed by atoms with Crippen LogP contribution in [0, 0.1) is 10.8 Å². The van der Waals surface area contributed by atoms with Crippen molar-refractivity contribution >= 4 is 27.5 Å². The summed E-state index contributed by atoms with van der Waals surface area (Å²) in [7, 11) is 0. The fourth-order valence-electron chi connectivity index (χ4n) is 4.26. The summed E-state index contributed by atoms with van der Waals surface area (Å²) in [6, 6.07) is 7.86. The van der Waals surface area contributed by atoms with Crippen LogP contribution in [0.1, 0.15) is 47.0 Å². The lowest BCUT2D eigenvalue weighted by Gasteiger charge is -2.51. The van der Waals surface area contributed by atoms with E-state index in [1.165, 1.54) is 0 Å². The number of carbonyl (C=O) groups excluding carboxylic acids is 1. The number of halogens is 1. The molecule has 1 fully saturated rings. The second-order valence-electron chi connectivity index (χ2n) is 7.91. The van der Waals surface area contributed by atoms with E-state index in [2.05, 4.69) is 48.9 Å². The fraction of sp³-hybridized carbons (Fsp3) is 0.588. The maximum Gasteiger partial charge on any atom is 0.243 e. The van der Waals surface area contributed by atoms with E-state index in [0.717, 1.165) is 29.4 Å². The van der Waals surface area contributed by atoms with E-state index in [-0.39, 0.29) is 16.7 Å². The number of nitrogens with two attached hydrogens (primary N) is 1. The molecule has 3 N–H and O–H groups in total. The molecule has 1 aliphatic rings. The molecule has 1 aliphatic carbocycles. The third-order valence-corrected chi connectivity index (χ3v) is 4.93. The van der Waals surface area contributed by atoms with Crippen molar-refractivity contribution in [2.45, 2.75) is 52.5 Å². The summed E-state index contributed by atoms with van der Waals surface area (Å²) in [6.07, 6.45) is 2.59. The Hall–Kier alpha value is -1.03. The number of para-hydroxylation sites is 1. The maximum absolute atomic E-state index is 12.3. The minimum absolute atomic E-state index is 0.0744. The van der Waals surface area contributed by atoms with E-state index >= 15 is 0 Å². The van der Waals surface area contributed by atoms with Gasteiger partial charge in [-0.3, -0.25) is 4.79 Å². The summed E-state index contributed by atoms with van der Waals surface area (Å²) >= 11 is 3.54. The monoisotopic (exact) mass is 352 g/mol. The maximum atomic E-state index is 12.3. The normalized spacial score (nSPS) is 22.5. The second kappa shape index (κ2) is 5.31. The van der Waals surface area contributed by atoms with Crippen LogP contribution in [0.15, 0.2) is 28.7 Å². The Kier molecular flexibility index (Phi) is 4.13. The van der Waals surface area contributed by atoms with Crippen molar-refractivity contribution in [1.82, 2.24) is 0 Å². The largest absolute Gasteiger partial charge is 0.370 e. The van der Waals surface area contributed by atoms with E-state index in [4.69, 9.17) is 5.73 Å². The average Bonchev–Trinajstić information content (AvgIpc) is 2.27. The molecule has 3 nitrogen and oxygen atoms in total. The molecule has 0 radical (unpaired) electrons. The summed E-state index contributed by atoms with van der Waals surface area (Å²) < 4.78 is 0.951. The zero-order valence-electron chi connectivity index (χ0n) is 13.3. The van der Waals surface area contributed by atoms with E-state index in [9.17, 15) is 4.79 Å². The van der Waals surface area contributed by atoms with Gasteiger partial charge in [0.05, 0.1) is 0 Å². The van der Waals surface area contributed by atoms with Crippen LogP contribution in [-0.4, -0.2) is 11.4 Å². The Morgan fingerprint density at radius 2 is 1.62 bits per heavy atom. The molecule has 116 valence electrons. The average molecular weight is 353 g/mol. The van der Waals surface area contributed by atoms with Gasteiger partial charge in [0.25, 0.3) is 0 Å². The Labute approximate surface area is 135 Å². The van der Waals surface area contributed by atoms with Crippen molar-refractivity contribution in [2.24, 2.45) is 16.6 Å². The van der Waals surface area contributed by atoms with Gasteiger partial charge in [-0.05, 0) is 58.2 Å². The molecule has 0 spiro atoms. The smallest absolute Gasteiger partial charge is 0.243 e. The zero-order chi connectivity index (χ0) is 15.9. The van der Waals surface area contributed by atoms with Crippen LogP contribution in [-0.2, 0) is 4.79 Å². The SMILES string of the molecule is CC1(C)CC(C)(C)CC(Nc2ccccc2Br)(C(N)=O)C1. The van der Waals surface area contributed by atoms with Crippen molar-refractivity contribution < 1.29 is 4.79 Å². The summed E-state index contributed by atoms with van der Waals surface area (Å²) in [5.41, 5.74) is 6.20. The highest BCUT2D eigenvalue weighted by atomic mass is 79.9. The fourth-order valence-corrected chi connectivity index (χ4v) is 4.65. The van der Waals surface area contributed by atoms with Crippen LogP contribution in [0.3, 0.4) is 0 Å². The van der Waals surface area contributed by atoms with Gasteiger partial charge in [0.1, 0.15) is 5.54 Å². The molecule has 0 atom stereocenters. The van der Waals surface area contributed by atoms with Gasteiger partial charge in [0, 0.05) is 10.2 Å². The lowest BCUT2D eigenvalue weighted by Crippen LogP contribution is -2.58. The third kappa shape index (κ3) is 3.60. The van der Waals surface area contributed by atoms with E-state index < -0.39 is 5.54 Å². The first-order valence-electron chi connectivity index (χ1n) is 7.38. The van der Waals surface area contributed by atoms with E-state index in [1.54, 1.807) is 0 Å². The molecule has 1 aromatic rings. The molecule has 0 heterocycles. The zero-order valence-corrected chi connectivity index (χ0v) is 14.9. The van der Waals surface area contributed by atoms with E-state index in [0.29, 0.717) is 0 Å². The molecule has 0 unspecified atom stereocenters. The summed E-state index contributed by atoms with van der Waals surface area (Å²) in [5, 5.41) is 3.45. The predicted molar refractivity (Wildman–Crippen MR) is 91.1 cm³/mol. The highest BCUT2D eigenvalue weighted by Crippen LogP contribution is 2.51. The molecule has 1 aromatic carbocycles. The number of benzene rings is 1. The van der Waals surface area contributed by atoms with Crippen molar-refractivity contribution in [3.63, 3.8) is 0 Å². The Morgan fingerprint density at radius 3 is 2.10 bits per heavy atom. The van der Waals surface area contributed by atoms with Crippen molar-refractivity contribution in [3.05, 3.63) is 28.7 Å². The second-order valence-corrected chi connectivity index (χ2v) is 8.76. The summed E-state index contributed by atoms with van der Waals surface area (Å²) in [4.78, 5) is 12.3.